The molecule has 2 fully saturated rings. The summed E-state index contributed by atoms with van der Waals surface area (Å²) in [5.74, 6) is 0.521. The zero-order chi connectivity index (χ0) is 31.5. The van der Waals surface area contributed by atoms with Crippen molar-refractivity contribution < 1.29 is 39.5 Å². The number of benzene rings is 2. The molecule has 1 aliphatic heterocycles. The molecule has 0 amide bonds. The number of nitrogens with one attached hydrogen (secondary N) is 1. The highest BCUT2D eigenvalue weighted by Crippen LogP contribution is 2.32. The third kappa shape index (κ3) is 7.76. The number of pyridine rings is 1. The average molecular weight is 643 g/mol. The quantitative estimate of drug-likeness (QED) is 0.281. The van der Waals surface area contributed by atoms with Crippen LogP contribution >= 0.6 is 0 Å². The molecule has 44 heavy (non-hydrogen) atoms. The van der Waals surface area contributed by atoms with Crippen LogP contribution in [0.2, 0.25) is 0 Å². The third-order valence-electron chi connectivity index (χ3n) is 7.95. The van der Waals surface area contributed by atoms with E-state index in [1.807, 2.05) is 12.1 Å². The summed E-state index contributed by atoms with van der Waals surface area (Å²) in [4.78, 5) is 8.02. The van der Waals surface area contributed by atoms with Gasteiger partial charge in [0.15, 0.2) is 0 Å². The maximum atomic E-state index is 12.8. The van der Waals surface area contributed by atoms with Crippen LogP contribution in [0.4, 0.5) is 37.7 Å². The second kappa shape index (κ2) is 12.8. The van der Waals surface area contributed by atoms with E-state index >= 15 is 0 Å². The normalized spacial score (nSPS) is 20.4. The fraction of sp³-hybridized carbons (Fsp3) is 0.433. The average Bonchev–Trinajstić information content (AvgIpc) is 2.98. The van der Waals surface area contributed by atoms with Crippen molar-refractivity contribution in [2.24, 2.45) is 0 Å². The van der Waals surface area contributed by atoms with Gasteiger partial charge in [-0.2, -0.15) is 26.3 Å². The number of halogens is 6. The Balaban J connectivity index is 1.07. The molecule has 238 valence electrons. The van der Waals surface area contributed by atoms with Gasteiger partial charge in [0.05, 0.1) is 10.5 Å². The van der Waals surface area contributed by atoms with Gasteiger partial charge in [0.1, 0.15) is 6.10 Å². The van der Waals surface area contributed by atoms with E-state index in [1.165, 1.54) is 24.3 Å². The number of sulfone groups is 1. The molecule has 7 nitrogen and oxygen atoms in total. The van der Waals surface area contributed by atoms with E-state index in [-0.39, 0.29) is 12.1 Å². The second-order valence-electron chi connectivity index (χ2n) is 11.0. The van der Waals surface area contributed by atoms with E-state index in [2.05, 4.69) is 20.1 Å². The van der Waals surface area contributed by atoms with Gasteiger partial charge in [0.25, 0.3) is 9.84 Å². The third-order valence-corrected chi connectivity index (χ3v) is 9.45. The molecule has 14 heteroatoms. The first-order valence-electron chi connectivity index (χ1n) is 14.2. The molecule has 1 saturated carbocycles. The summed E-state index contributed by atoms with van der Waals surface area (Å²) in [6.45, 7) is 3.61. The highest BCUT2D eigenvalue weighted by atomic mass is 32.2. The Morgan fingerprint density at radius 3 is 2.07 bits per heavy atom. The van der Waals surface area contributed by atoms with Crippen molar-refractivity contribution in [1.29, 1.82) is 0 Å². The Morgan fingerprint density at radius 2 is 1.48 bits per heavy atom. The van der Waals surface area contributed by atoms with Gasteiger partial charge in [0.2, 0.25) is 5.88 Å². The van der Waals surface area contributed by atoms with E-state index in [1.54, 1.807) is 6.20 Å². The molecule has 1 aliphatic carbocycles. The maximum Gasteiger partial charge on any atom is 0.501 e. The number of piperazine rings is 1. The summed E-state index contributed by atoms with van der Waals surface area (Å²) in [5, 5.41) is 3.26. The smallest absolute Gasteiger partial charge is 0.474 e. The van der Waals surface area contributed by atoms with Crippen molar-refractivity contribution in [3.63, 3.8) is 0 Å². The molecule has 1 aromatic heterocycles. The number of anilines is 2. The number of hydrogen-bond acceptors (Lipinski definition) is 7. The van der Waals surface area contributed by atoms with E-state index in [0.717, 1.165) is 87.4 Å². The van der Waals surface area contributed by atoms with Gasteiger partial charge in [-0.15, -0.1) is 0 Å². The predicted octanol–water partition coefficient (Wildman–Crippen LogP) is 6.52. The van der Waals surface area contributed by atoms with Crippen LogP contribution in [-0.2, 0) is 22.6 Å². The van der Waals surface area contributed by atoms with E-state index in [9.17, 15) is 34.8 Å². The molecule has 1 N–H and O–H groups in total. The predicted molar refractivity (Wildman–Crippen MR) is 153 cm³/mol. The van der Waals surface area contributed by atoms with Gasteiger partial charge < -0.3 is 15.0 Å². The molecule has 0 unspecified atom stereocenters. The zero-order valence-electron chi connectivity index (χ0n) is 23.6. The van der Waals surface area contributed by atoms with Crippen LogP contribution in [0.1, 0.15) is 36.8 Å². The number of alkyl halides is 6. The fourth-order valence-electron chi connectivity index (χ4n) is 5.48. The van der Waals surface area contributed by atoms with Crippen LogP contribution in [0.15, 0.2) is 71.8 Å². The van der Waals surface area contributed by atoms with E-state index in [0.29, 0.717) is 18.1 Å². The molecule has 2 heterocycles. The Hall–Kier alpha value is -3.52. The Bertz CT molecular complexity index is 1500. The Labute approximate surface area is 251 Å². The summed E-state index contributed by atoms with van der Waals surface area (Å²) >= 11 is 0. The maximum absolute atomic E-state index is 12.8. The van der Waals surface area contributed by atoms with Crippen LogP contribution in [0.3, 0.4) is 0 Å². The van der Waals surface area contributed by atoms with Gasteiger partial charge in [-0.05, 0) is 73.7 Å². The van der Waals surface area contributed by atoms with Crippen LogP contribution in [0.25, 0.3) is 0 Å². The van der Waals surface area contributed by atoms with Crippen molar-refractivity contribution in [2.45, 2.75) is 61.0 Å². The van der Waals surface area contributed by atoms with Gasteiger partial charge in [-0.25, -0.2) is 13.4 Å². The molecular formula is C30H32F6N4O3S. The standard InChI is InChI=1S/C30H32F6N4O3S/c31-29(32,33)22-3-1-21(2-4-22)20-39-15-17-40(18-16-39)25-13-14-37-28(19-25)43-26-9-5-23(6-10-26)38-24-7-11-27(12-8-24)44(41,42)30(34,35)36/h1-4,7-8,11-14,19,23,26,38H,5-6,9-10,15-18,20H2. The first-order chi connectivity index (χ1) is 20.8. The summed E-state index contributed by atoms with van der Waals surface area (Å²) < 4.78 is 106. The lowest BCUT2D eigenvalue weighted by atomic mass is 9.92. The van der Waals surface area contributed by atoms with Gasteiger partial charge in [0, 0.05) is 62.4 Å². The molecule has 2 aromatic carbocycles. The number of nitrogens with zero attached hydrogens (tertiary/aromatic N) is 3. The summed E-state index contributed by atoms with van der Waals surface area (Å²) in [7, 11) is -5.38. The van der Waals surface area contributed by atoms with Crippen LogP contribution < -0.4 is 15.0 Å². The van der Waals surface area contributed by atoms with Gasteiger partial charge in [-0.3, -0.25) is 4.90 Å². The van der Waals surface area contributed by atoms with Crippen molar-refractivity contribution >= 4 is 21.2 Å². The van der Waals surface area contributed by atoms with Gasteiger partial charge in [-0.1, -0.05) is 12.1 Å². The monoisotopic (exact) mass is 642 g/mol. The molecule has 5 rings (SSSR count). The molecule has 0 radical (unpaired) electrons. The molecule has 2 aliphatic rings. The number of ether oxygens (including phenoxy) is 1. The Kier molecular flexibility index (Phi) is 9.30. The highest BCUT2D eigenvalue weighted by molar-refractivity contribution is 7.92. The number of hydrogen-bond donors (Lipinski definition) is 1. The van der Waals surface area contributed by atoms with Crippen molar-refractivity contribution in [3.05, 3.63) is 78.0 Å². The molecular weight excluding hydrogens is 610 g/mol. The first-order valence-corrected chi connectivity index (χ1v) is 15.7. The molecule has 0 spiro atoms. The van der Waals surface area contributed by atoms with Crippen LogP contribution in [0, 0.1) is 0 Å². The van der Waals surface area contributed by atoms with Crippen LogP contribution in [-0.4, -0.2) is 62.1 Å². The lowest BCUT2D eigenvalue weighted by Gasteiger charge is -2.36. The first kappa shape index (κ1) is 31.9. The lowest BCUT2D eigenvalue weighted by molar-refractivity contribution is -0.137. The summed E-state index contributed by atoms with van der Waals surface area (Å²) in [6.07, 6.45) is 0.316. The number of aromatic nitrogens is 1. The second-order valence-corrected chi connectivity index (χ2v) is 13.0. The van der Waals surface area contributed by atoms with Crippen molar-refractivity contribution in [1.82, 2.24) is 9.88 Å². The topological polar surface area (TPSA) is 74.8 Å². The largest absolute Gasteiger partial charge is 0.501 e. The lowest BCUT2D eigenvalue weighted by Crippen LogP contribution is -2.46. The zero-order valence-corrected chi connectivity index (χ0v) is 24.4. The fourth-order valence-corrected chi connectivity index (χ4v) is 6.24. The summed E-state index contributed by atoms with van der Waals surface area (Å²) in [5.41, 5.74) is -3.63. The van der Waals surface area contributed by atoms with Gasteiger partial charge >= 0.3 is 11.7 Å². The Morgan fingerprint density at radius 1 is 0.841 bits per heavy atom. The minimum atomic E-state index is -5.38. The molecule has 0 atom stereocenters. The number of rotatable bonds is 8. The highest BCUT2D eigenvalue weighted by Gasteiger charge is 2.46. The molecule has 3 aromatic rings. The SMILES string of the molecule is O=S(=O)(c1ccc(NC2CCC(Oc3cc(N4CCN(Cc5ccc(C(F)(F)F)cc5)CC4)ccn3)CC2)cc1)C(F)(F)F. The molecule has 1 saturated heterocycles. The van der Waals surface area contributed by atoms with Crippen LogP contribution in [0.5, 0.6) is 5.88 Å². The minimum Gasteiger partial charge on any atom is -0.474 e. The minimum absolute atomic E-state index is 0.0457. The molecule has 0 bridgehead atoms. The van der Waals surface area contributed by atoms with E-state index < -0.39 is 32.0 Å². The van der Waals surface area contributed by atoms with E-state index in [4.69, 9.17) is 4.74 Å². The van der Waals surface area contributed by atoms with Crippen molar-refractivity contribution in [2.75, 3.05) is 36.4 Å². The van der Waals surface area contributed by atoms with Crippen molar-refractivity contribution in [3.8, 4) is 5.88 Å². The summed E-state index contributed by atoms with van der Waals surface area (Å²) in [6, 6.07) is 13.8.